The Morgan fingerprint density at radius 2 is 0.756 bits per heavy atom. The van der Waals surface area contributed by atoms with Crippen LogP contribution in [0.1, 0.15) is 6.92 Å². The summed E-state index contributed by atoms with van der Waals surface area (Å²) in [6, 6.07) is 48.0. The molecule has 4 aromatic carbocycles. The number of carbonyl (C=O) groups is 1. The summed E-state index contributed by atoms with van der Waals surface area (Å²) in [4.78, 5) is 19.1. The molecule has 14 rings (SSSR count). The Bertz CT molecular complexity index is 2020. The third-order valence-electron chi connectivity index (χ3n) is 19.4. The van der Waals surface area contributed by atoms with Gasteiger partial charge in [-0.25, -0.2) is 0 Å². The second-order valence-electron chi connectivity index (χ2n) is 16.2. The summed E-state index contributed by atoms with van der Waals surface area (Å²) >= 11 is 0. The van der Waals surface area contributed by atoms with E-state index in [0.29, 0.717) is 0 Å². The van der Waals surface area contributed by atoms with Crippen LogP contribution >= 0.6 is 15.8 Å². The van der Waals surface area contributed by atoms with E-state index < -0.39 is 12.5 Å². The van der Waals surface area contributed by atoms with Crippen molar-refractivity contribution in [2.75, 3.05) is 0 Å². The molecule has 8 unspecified atom stereocenters. The van der Waals surface area contributed by atoms with Crippen molar-refractivity contribution in [2.45, 2.75) is 53.6 Å². The average molecular weight is 614 g/mol. The Morgan fingerprint density at radius 1 is 0.537 bits per heavy atom. The van der Waals surface area contributed by atoms with Gasteiger partial charge in [-0.15, -0.1) is 0 Å². The van der Waals surface area contributed by atoms with E-state index in [0.717, 1.165) is 15.0 Å². The predicted molar refractivity (Wildman–Crippen MR) is 167 cm³/mol. The van der Waals surface area contributed by atoms with Crippen molar-refractivity contribution >= 4 is 43.0 Å². The molecular formula is C36H32FeO2P2. The van der Waals surface area contributed by atoms with Gasteiger partial charge in [0.15, 0.2) is 0 Å². The molecule has 0 radical (unpaired) electrons. The van der Waals surface area contributed by atoms with Crippen molar-refractivity contribution in [3.8, 4) is 0 Å². The number of hydrogen-bond donors (Lipinski definition) is 1. The minimum absolute atomic E-state index is 0.252. The van der Waals surface area contributed by atoms with Crippen LogP contribution in [0.15, 0.2) is 121 Å². The molecular weight excluding hydrogens is 582 g/mol. The molecule has 41 heavy (non-hydrogen) atoms. The number of carboxylic acids is 1. The molecule has 10 fully saturated rings. The van der Waals surface area contributed by atoms with Crippen LogP contribution in [-0.4, -0.2) is 19.2 Å². The Labute approximate surface area is 233 Å². The summed E-state index contributed by atoms with van der Waals surface area (Å²) in [5.41, 5.74) is 0. The van der Waals surface area contributed by atoms with Crippen molar-refractivity contribution in [3.05, 3.63) is 121 Å². The summed E-state index contributed by atoms with van der Waals surface area (Å²) in [6.45, 7) is -2.73. The van der Waals surface area contributed by atoms with Crippen molar-refractivity contribution in [2.24, 2.45) is 0 Å². The molecule has 0 saturated carbocycles. The summed E-state index contributed by atoms with van der Waals surface area (Å²) < 4.78 is 1.60. The SMILES string of the molecule is CC(=O)O.c1ccc(P(c2ccccc2)[C]23[CH]4[CH]5[CH]6[CH]2[Fe]56432789[CH]3[CH]2[CH]7[C]8(P(c2ccccc2)c2ccccc2)[CH]39)cc1. The van der Waals surface area contributed by atoms with E-state index in [4.69, 9.17) is 9.90 Å². The van der Waals surface area contributed by atoms with E-state index in [1.165, 1.54) is 38.5 Å². The van der Waals surface area contributed by atoms with Gasteiger partial charge in [-0.05, 0) is 0 Å². The standard InChI is InChI=1S/2C17H14P.C2H4O2.Fe/c2*1-3-9-15(10-4-1)18(17-13-7-8-14-17)16-11-5-2-6-12-16;1-2(3)4;/h2*1-14H;1H3,(H,3,4);. The number of aliphatic carboxylic acids is 1. The van der Waals surface area contributed by atoms with Crippen LogP contribution in [0.2, 0.25) is 38.5 Å². The van der Waals surface area contributed by atoms with Crippen LogP contribution in [0.5, 0.6) is 0 Å². The Kier molecular flexibility index (Phi) is 1.86. The molecule has 0 aromatic heterocycles. The molecule has 10 aliphatic heterocycles. The van der Waals surface area contributed by atoms with Gasteiger partial charge in [0.05, 0.1) is 0 Å². The molecule has 0 amide bonds. The molecule has 10 aliphatic rings. The van der Waals surface area contributed by atoms with Crippen LogP contribution in [0.4, 0.5) is 0 Å². The quantitative estimate of drug-likeness (QED) is 0.180. The van der Waals surface area contributed by atoms with E-state index in [-0.39, 0.29) is 15.8 Å². The summed E-state index contributed by atoms with van der Waals surface area (Å²) in [6.07, 6.45) is 0. The topological polar surface area (TPSA) is 37.3 Å². The minimum atomic E-state index is -3.82. The van der Waals surface area contributed by atoms with Crippen LogP contribution in [-0.2, 0) is 11.3 Å². The fraction of sp³-hybridized carbons (Fsp3) is 0.306. The first-order valence-corrected chi connectivity index (χ1v) is 23.9. The number of hydrogen-bond acceptors (Lipinski definition) is 1. The summed E-state index contributed by atoms with van der Waals surface area (Å²) in [5.74, 6) is -0.833. The first-order chi connectivity index (χ1) is 19.8. The predicted octanol–water partition coefficient (Wildman–Crippen LogP) is 7.55. The zero-order valence-electron chi connectivity index (χ0n) is 22.8. The van der Waals surface area contributed by atoms with Crippen molar-refractivity contribution in [1.29, 1.82) is 0 Å². The zero-order valence-corrected chi connectivity index (χ0v) is 25.7. The van der Waals surface area contributed by atoms with Gasteiger partial charge in [0.2, 0.25) is 0 Å². The van der Waals surface area contributed by atoms with Gasteiger partial charge in [0.1, 0.15) is 0 Å². The maximum absolute atomic E-state index is 9.00. The van der Waals surface area contributed by atoms with Crippen molar-refractivity contribution in [3.63, 3.8) is 0 Å². The van der Waals surface area contributed by atoms with Gasteiger partial charge in [-0.1, -0.05) is 0 Å². The number of fused-ring (bicyclic) bond motifs is 10. The first kappa shape index (κ1) is 21.4. The van der Waals surface area contributed by atoms with Crippen LogP contribution in [0, 0.1) is 0 Å². The van der Waals surface area contributed by atoms with Crippen LogP contribution in [0.3, 0.4) is 0 Å². The molecule has 8 atom stereocenters. The molecule has 10 heterocycles. The van der Waals surface area contributed by atoms with E-state index in [2.05, 4.69) is 121 Å². The van der Waals surface area contributed by atoms with E-state index in [9.17, 15) is 0 Å². The Morgan fingerprint density at radius 3 is 0.951 bits per heavy atom. The van der Waals surface area contributed by atoms with Gasteiger partial charge in [0.25, 0.3) is 5.97 Å². The average Bonchev–Trinajstić information content (AvgIpc) is 3.96. The summed E-state index contributed by atoms with van der Waals surface area (Å²) in [7, 11) is -0.505. The zero-order chi connectivity index (χ0) is 27.1. The third kappa shape index (κ3) is 0.598. The van der Waals surface area contributed by atoms with Gasteiger partial charge in [0, 0.05) is 6.92 Å². The Hall–Kier alpha value is -2.27. The fourth-order valence-electron chi connectivity index (χ4n) is 20.9. The number of carboxylic acid groups (broad SMARTS) is 1. The monoisotopic (exact) mass is 614 g/mol. The van der Waals surface area contributed by atoms with Gasteiger partial charge < -0.3 is 5.11 Å². The van der Waals surface area contributed by atoms with E-state index in [1.54, 1.807) is 21.2 Å². The Balaban J connectivity index is 0.000000476. The second-order valence-corrected chi connectivity index (χ2v) is 45.1. The molecule has 10 saturated heterocycles. The molecule has 1 N–H and O–H groups in total. The van der Waals surface area contributed by atoms with Crippen molar-refractivity contribution in [1.82, 2.24) is 0 Å². The van der Waals surface area contributed by atoms with E-state index >= 15 is 0 Å². The molecule has 206 valence electrons. The fourth-order valence-corrected chi connectivity index (χ4v) is 126. The van der Waals surface area contributed by atoms with Crippen LogP contribution in [0.25, 0.3) is 0 Å². The second kappa shape index (κ2) is 3.55. The molecule has 5 heteroatoms. The number of rotatable bonds is 6. The maximum atomic E-state index is 9.00. The molecule has 2 nitrogen and oxygen atoms in total. The molecule has 1 spiro atoms. The summed E-state index contributed by atoms with van der Waals surface area (Å²) in [5, 5.41) is 14.3. The molecule has 0 aliphatic carbocycles. The normalized spacial score (nSPS) is 57.5. The van der Waals surface area contributed by atoms with Gasteiger partial charge in [-0.3, -0.25) is 4.79 Å². The van der Waals surface area contributed by atoms with Gasteiger partial charge in [-0.2, -0.15) is 0 Å². The van der Waals surface area contributed by atoms with Crippen LogP contribution < -0.4 is 21.2 Å². The molecule has 0 bridgehead atoms. The van der Waals surface area contributed by atoms with E-state index in [1.807, 2.05) is 0 Å². The molecule has 4 aromatic rings. The number of benzene rings is 4. The first-order valence-electron chi connectivity index (χ1n) is 15.1. The third-order valence-corrected chi connectivity index (χ3v) is 76.1. The van der Waals surface area contributed by atoms with Crippen molar-refractivity contribution < 1.29 is 16.4 Å². The van der Waals surface area contributed by atoms with Gasteiger partial charge >= 0.3 is 212 Å².